The molecule has 1 atom stereocenters. The highest BCUT2D eigenvalue weighted by molar-refractivity contribution is 6.30. The Kier molecular flexibility index (Phi) is 5.38. The van der Waals surface area contributed by atoms with Crippen LogP contribution in [0.15, 0.2) is 53.6 Å². The number of anilines is 1. The fraction of sp³-hybridized carbons (Fsp3) is 0.125. The topological polar surface area (TPSA) is 73.7 Å². The van der Waals surface area contributed by atoms with E-state index in [1.807, 2.05) is 0 Å². The minimum Gasteiger partial charge on any atom is -0.508 e. The van der Waals surface area contributed by atoms with Crippen molar-refractivity contribution in [2.45, 2.75) is 13.0 Å². The van der Waals surface area contributed by atoms with Gasteiger partial charge in [0.05, 0.1) is 6.21 Å². The molecule has 0 heterocycles. The quantitative estimate of drug-likeness (QED) is 0.586. The number of hydrazone groups is 1. The van der Waals surface area contributed by atoms with Gasteiger partial charge in [-0.2, -0.15) is 5.10 Å². The third-order valence-corrected chi connectivity index (χ3v) is 3.13. The molecule has 0 aromatic heterocycles. The minimum absolute atomic E-state index is 0.146. The van der Waals surface area contributed by atoms with Gasteiger partial charge in [-0.1, -0.05) is 23.7 Å². The van der Waals surface area contributed by atoms with Gasteiger partial charge in [-0.15, -0.1) is 0 Å². The molecule has 6 heteroatoms. The van der Waals surface area contributed by atoms with Crippen molar-refractivity contribution in [3.63, 3.8) is 0 Å². The van der Waals surface area contributed by atoms with Crippen LogP contribution in [-0.2, 0) is 4.79 Å². The molecule has 0 fully saturated rings. The van der Waals surface area contributed by atoms with Gasteiger partial charge in [0.1, 0.15) is 11.8 Å². The molecule has 1 amide bonds. The summed E-state index contributed by atoms with van der Waals surface area (Å²) in [5.41, 5.74) is 3.93. The van der Waals surface area contributed by atoms with E-state index in [2.05, 4.69) is 15.8 Å². The maximum atomic E-state index is 11.9. The van der Waals surface area contributed by atoms with Crippen LogP contribution in [0.5, 0.6) is 5.75 Å². The minimum atomic E-state index is -0.456. The second-order valence-electron chi connectivity index (χ2n) is 4.70. The zero-order valence-electron chi connectivity index (χ0n) is 12.0. The third-order valence-electron chi connectivity index (χ3n) is 2.88. The second-order valence-corrected chi connectivity index (χ2v) is 5.14. The molecule has 2 rings (SSSR count). The van der Waals surface area contributed by atoms with Gasteiger partial charge in [0.25, 0.3) is 5.91 Å². The van der Waals surface area contributed by atoms with Crippen LogP contribution in [0.1, 0.15) is 12.5 Å². The molecule has 5 nitrogen and oxygen atoms in total. The number of phenols is 1. The van der Waals surface area contributed by atoms with Crippen LogP contribution in [0.4, 0.5) is 5.69 Å². The maximum absolute atomic E-state index is 11.9. The Hall–Kier alpha value is -2.53. The summed E-state index contributed by atoms with van der Waals surface area (Å²) in [6.07, 6.45) is 1.46. The average Bonchev–Trinajstić information content (AvgIpc) is 2.49. The van der Waals surface area contributed by atoms with Gasteiger partial charge in [-0.3, -0.25) is 4.79 Å². The summed E-state index contributed by atoms with van der Waals surface area (Å²) in [5.74, 6) is -0.126. The Morgan fingerprint density at radius 2 is 2.00 bits per heavy atom. The lowest BCUT2D eigenvalue weighted by Gasteiger charge is -2.13. The normalized spacial score (nSPS) is 12.1. The molecule has 1 unspecified atom stereocenters. The molecule has 0 spiro atoms. The Morgan fingerprint density at radius 1 is 1.27 bits per heavy atom. The maximum Gasteiger partial charge on any atom is 0.262 e. The first-order chi connectivity index (χ1) is 10.5. The lowest BCUT2D eigenvalue weighted by molar-refractivity contribution is -0.121. The summed E-state index contributed by atoms with van der Waals surface area (Å²) in [6.45, 7) is 1.73. The molecule has 0 saturated heterocycles. The van der Waals surface area contributed by atoms with Crippen LogP contribution in [0, 0.1) is 0 Å². The van der Waals surface area contributed by atoms with Crippen LogP contribution in [0.25, 0.3) is 0 Å². The largest absolute Gasteiger partial charge is 0.508 e. The zero-order chi connectivity index (χ0) is 15.9. The Morgan fingerprint density at radius 3 is 2.68 bits per heavy atom. The number of amides is 1. The molecule has 114 valence electrons. The number of aromatic hydroxyl groups is 1. The zero-order valence-corrected chi connectivity index (χ0v) is 12.7. The van der Waals surface area contributed by atoms with Gasteiger partial charge in [0, 0.05) is 10.7 Å². The molecule has 0 saturated carbocycles. The number of hydrogen-bond donors (Lipinski definition) is 3. The standard InChI is InChI=1S/C16H16ClN3O2/c1-11(19-14-7-5-13(17)6-8-14)16(22)20-18-10-12-3-2-4-15(21)9-12/h2-11,19,21H,1H3,(H,20,22). The van der Waals surface area contributed by atoms with E-state index in [1.54, 1.807) is 55.5 Å². The highest BCUT2D eigenvalue weighted by atomic mass is 35.5. The Balaban J connectivity index is 1.87. The molecule has 0 aliphatic rings. The first kappa shape index (κ1) is 15.9. The lowest BCUT2D eigenvalue weighted by Crippen LogP contribution is -2.34. The summed E-state index contributed by atoms with van der Waals surface area (Å²) in [4.78, 5) is 11.9. The Bertz CT molecular complexity index is 671. The predicted molar refractivity (Wildman–Crippen MR) is 88.4 cm³/mol. The summed E-state index contributed by atoms with van der Waals surface area (Å²) in [6, 6.07) is 13.2. The third kappa shape index (κ3) is 4.79. The molecule has 0 aliphatic heterocycles. The van der Waals surface area contributed by atoms with E-state index in [9.17, 15) is 9.90 Å². The van der Waals surface area contributed by atoms with Gasteiger partial charge in [-0.05, 0) is 48.9 Å². The van der Waals surface area contributed by atoms with Gasteiger partial charge < -0.3 is 10.4 Å². The van der Waals surface area contributed by atoms with E-state index in [0.717, 1.165) is 5.69 Å². The second kappa shape index (κ2) is 7.47. The summed E-state index contributed by atoms with van der Waals surface area (Å²) in [5, 5.41) is 16.9. The number of rotatable bonds is 5. The van der Waals surface area contributed by atoms with E-state index in [4.69, 9.17) is 11.6 Å². The molecule has 3 N–H and O–H groups in total. The number of hydrogen-bond acceptors (Lipinski definition) is 4. The molecule has 2 aromatic carbocycles. The lowest BCUT2D eigenvalue weighted by atomic mass is 10.2. The van der Waals surface area contributed by atoms with Crippen molar-refractivity contribution < 1.29 is 9.90 Å². The molecule has 2 aromatic rings. The van der Waals surface area contributed by atoms with Crippen LogP contribution in [0.2, 0.25) is 5.02 Å². The average molecular weight is 318 g/mol. The van der Waals surface area contributed by atoms with Gasteiger partial charge in [-0.25, -0.2) is 5.43 Å². The first-order valence-corrected chi connectivity index (χ1v) is 7.06. The summed E-state index contributed by atoms with van der Waals surface area (Å²) in [7, 11) is 0. The molecule has 22 heavy (non-hydrogen) atoms. The van der Waals surface area contributed by atoms with Crippen LogP contribution >= 0.6 is 11.6 Å². The number of carbonyl (C=O) groups is 1. The van der Waals surface area contributed by atoms with E-state index >= 15 is 0 Å². The van der Waals surface area contributed by atoms with Crippen molar-refractivity contribution in [3.05, 3.63) is 59.1 Å². The molecular weight excluding hydrogens is 302 g/mol. The van der Waals surface area contributed by atoms with E-state index in [1.165, 1.54) is 6.21 Å². The van der Waals surface area contributed by atoms with Crippen molar-refractivity contribution in [2.75, 3.05) is 5.32 Å². The molecule has 0 bridgehead atoms. The SMILES string of the molecule is CC(Nc1ccc(Cl)cc1)C(=O)NN=Cc1cccc(O)c1. The number of carbonyl (C=O) groups excluding carboxylic acids is 1. The van der Waals surface area contributed by atoms with Crippen molar-refractivity contribution in [2.24, 2.45) is 5.10 Å². The highest BCUT2D eigenvalue weighted by Crippen LogP contribution is 2.14. The van der Waals surface area contributed by atoms with Crippen LogP contribution in [-0.4, -0.2) is 23.3 Å². The Labute approximate surface area is 133 Å². The fourth-order valence-corrected chi connectivity index (χ4v) is 1.86. The predicted octanol–water partition coefficient (Wildman–Crippen LogP) is 3.00. The number of benzene rings is 2. The van der Waals surface area contributed by atoms with Crippen molar-refractivity contribution in [3.8, 4) is 5.75 Å². The summed E-state index contributed by atoms with van der Waals surface area (Å²) >= 11 is 5.80. The van der Waals surface area contributed by atoms with E-state index < -0.39 is 6.04 Å². The molecular formula is C16H16ClN3O2. The summed E-state index contributed by atoms with van der Waals surface area (Å²) < 4.78 is 0. The fourth-order valence-electron chi connectivity index (χ4n) is 1.73. The van der Waals surface area contributed by atoms with Crippen molar-refractivity contribution >= 4 is 29.4 Å². The number of nitrogens with one attached hydrogen (secondary N) is 2. The number of phenolic OH excluding ortho intramolecular Hbond substituents is 1. The molecule has 0 aliphatic carbocycles. The van der Waals surface area contributed by atoms with Gasteiger partial charge >= 0.3 is 0 Å². The van der Waals surface area contributed by atoms with E-state index in [-0.39, 0.29) is 11.7 Å². The highest BCUT2D eigenvalue weighted by Gasteiger charge is 2.11. The monoisotopic (exact) mass is 317 g/mol. The van der Waals surface area contributed by atoms with Crippen molar-refractivity contribution in [1.82, 2.24) is 5.43 Å². The van der Waals surface area contributed by atoms with Gasteiger partial charge in [0.2, 0.25) is 0 Å². The molecule has 0 radical (unpaired) electrons. The first-order valence-electron chi connectivity index (χ1n) is 6.68. The van der Waals surface area contributed by atoms with Crippen LogP contribution in [0.3, 0.4) is 0 Å². The smallest absolute Gasteiger partial charge is 0.262 e. The number of nitrogens with zero attached hydrogens (tertiary/aromatic N) is 1. The van der Waals surface area contributed by atoms with Crippen molar-refractivity contribution in [1.29, 1.82) is 0 Å². The van der Waals surface area contributed by atoms with E-state index in [0.29, 0.717) is 10.6 Å². The van der Waals surface area contributed by atoms with Gasteiger partial charge in [0.15, 0.2) is 0 Å². The number of halogens is 1. The van der Waals surface area contributed by atoms with Crippen LogP contribution < -0.4 is 10.7 Å².